The van der Waals surface area contributed by atoms with E-state index in [0.717, 1.165) is 5.82 Å². The van der Waals surface area contributed by atoms with Gasteiger partial charge in [0.05, 0.1) is 16.2 Å². The van der Waals surface area contributed by atoms with Gasteiger partial charge in [-0.05, 0) is 6.92 Å². The lowest BCUT2D eigenvalue weighted by atomic mass is 10.1. The van der Waals surface area contributed by atoms with E-state index in [4.69, 9.17) is 0 Å². The van der Waals surface area contributed by atoms with E-state index >= 15 is 0 Å². The Labute approximate surface area is 138 Å². The molecule has 1 amide bonds. The molecule has 0 saturated carbocycles. The molecule has 3 heterocycles. The third kappa shape index (κ3) is 2.85. The number of pyridine rings is 1. The van der Waals surface area contributed by atoms with Crippen molar-refractivity contribution in [3.8, 4) is 0 Å². The zero-order valence-electron chi connectivity index (χ0n) is 13.5. The number of piperazine rings is 1. The molecule has 0 radical (unpaired) electrons. The van der Waals surface area contributed by atoms with Crippen LogP contribution in [0.3, 0.4) is 0 Å². The first kappa shape index (κ1) is 16.1. The van der Waals surface area contributed by atoms with Crippen LogP contribution in [0, 0.1) is 17.0 Å². The number of nitrogens with one attached hydrogen (secondary N) is 1. The fraction of sp³-hybridized carbons (Fsp3) is 0.400. The van der Waals surface area contributed by atoms with Gasteiger partial charge in [-0.25, -0.2) is 4.98 Å². The van der Waals surface area contributed by atoms with Crippen LogP contribution in [0.25, 0.3) is 0 Å². The summed E-state index contributed by atoms with van der Waals surface area (Å²) in [5.41, 5.74) is 0.542. The molecule has 0 bridgehead atoms. The summed E-state index contributed by atoms with van der Waals surface area (Å²) in [7, 11) is 1.87. The van der Waals surface area contributed by atoms with Gasteiger partial charge < -0.3 is 14.8 Å². The maximum Gasteiger partial charge on any atom is 0.288 e. The van der Waals surface area contributed by atoms with Crippen LogP contribution < -0.4 is 5.32 Å². The summed E-state index contributed by atoms with van der Waals surface area (Å²) in [6.07, 6.45) is 4.68. The molecule has 126 valence electrons. The highest BCUT2D eigenvalue weighted by Crippen LogP contribution is 2.24. The van der Waals surface area contributed by atoms with Crippen molar-refractivity contribution < 1.29 is 9.72 Å². The third-order valence-corrected chi connectivity index (χ3v) is 4.17. The zero-order chi connectivity index (χ0) is 17.3. The van der Waals surface area contributed by atoms with Gasteiger partial charge in [-0.2, -0.15) is 0 Å². The minimum absolute atomic E-state index is 0.187. The van der Waals surface area contributed by atoms with Crippen molar-refractivity contribution in [3.05, 3.63) is 51.9 Å². The van der Waals surface area contributed by atoms with Crippen LogP contribution in [0.2, 0.25) is 0 Å². The quantitative estimate of drug-likeness (QED) is 0.659. The van der Waals surface area contributed by atoms with Gasteiger partial charge in [0, 0.05) is 45.1 Å². The van der Waals surface area contributed by atoms with Gasteiger partial charge in [0.1, 0.15) is 18.1 Å². The van der Waals surface area contributed by atoms with Gasteiger partial charge in [0.25, 0.3) is 11.6 Å². The van der Waals surface area contributed by atoms with Crippen molar-refractivity contribution in [1.82, 2.24) is 24.8 Å². The topological polar surface area (TPSA) is 106 Å². The number of nitrogens with zero attached hydrogens (tertiary/aromatic N) is 5. The summed E-state index contributed by atoms with van der Waals surface area (Å²) in [5.74, 6) is 0.504. The normalized spacial score (nSPS) is 17.8. The molecule has 2 aromatic heterocycles. The Morgan fingerprint density at radius 2 is 2.25 bits per heavy atom. The molecule has 1 saturated heterocycles. The summed E-state index contributed by atoms with van der Waals surface area (Å²) in [6.45, 7) is 3.42. The number of nitro groups is 1. The van der Waals surface area contributed by atoms with Gasteiger partial charge in [0.2, 0.25) is 0 Å². The number of rotatable bonds is 3. The highest BCUT2D eigenvalue weighted by atomic mass is 16.6. The Hall–Kier alpha value is -2.81. The predicted molar refractivity (Wildman–Crippen MR) is 85.5 cm³/mol. The third-order valence-electron chi connectivity index (χ3n) is 4.17. The van der Waals surface area contributed by atoms with Crippen LogP contribution in [0.5, 0.6) is 0 Å². The van der Waals surface area contributed by atoms with Crippen LogP contribution in [-0.4, -0.2) is 49.9 Å². The van der Waals surface area contributed by atoms with E-state index in [1.54, 1.807) is 18.0 Å². The molecule has 3 rings (SSSR count). The minimum Gasteiger partial charge on any atom is -0.336 e. The molecule has 1 N–H and O–H groups in total. The van der Waals surface area contributed by atoms with E-state index in [-0.39, 0.29) is 23.2 Å². The molecule has 9 nitrogen and oxygen atoms in total. The lowest BCUT2D eigenvalue weighted by Crippen LogP contribution is -2.49. The molecule has 0 aromatic carbocycles. The lowest BCUT2D eigenvalue weighted by molar-refractivity contribution is -0.385. The first-order valence-corrected chi connectivity index (χ1v) is 7.59. The van der Waals surface area contributed by atoms with Crippen molar-refractivity contribution in [2.24, 2.45) is 7.05 Å². The maximum absolute atomic E-state index is 13.0. The van der Waals surface area contributed by atoms with Crippen molar-refractivity contribution in [1.29, 1.82) is 0 Å². The summed E-state index contributed by atoms with van der Waals surface area (Å²) in [4.78, 5) is 33.5. The van der Waals surface area contributed by atoms with Crippen LogP contribution in [-0.2, 0) is 7.05 Å². The van der Waals surface area contributed by atoms with Crippen molar-refractivity contribution in [3.63, 3.8) is 0 Å². The molecule has 1 fully saturated rings. The van der Waals surface area contributed by atoms with E-state index in [1.165, 1.54) is 12.3 Å². The predicted octanol–water partition coefficient (Wildman–Crippen LogP) is 0.818. The molecule has 1 aliphatic rings. The SMILES string of the molecule is Cc1ncc([N+](=O)[O-])cc1C(=O)N1CCNCC1c1nccn1C. The van der Waals surface area contributed by atoms with E-state index in [0.29, 0.717) is 25.3 Å². The summed E-state index contributed by atoms with van der Waals surface area (Å²) < 4.78 is 1.87. The Morgan fingerprint density at radius 1 is 1.46 bits per heavy atom. The number of imidazole rings is 1. The molecule has 0 spiro atoms. The van der Waals surface area contributed by atoms with Gasteiger partial charge in [-0.15, -0.1) is 0 Å². The average Bonchev–Trinajstić information content (AvgIpc) is 3.00. The van der Waals surface area contributed by atoms with Crippen molar-refractivity contribution in [2.45, 2.75) is 13.0 Å². The van der Waals surface area contributed by atoms with E-state index in [2.05, 4.69) is 15.3 Å². The van der Waals surface area contributed by atoms with Crippen LogP contribution >= 0.6 is 0 Å². The number of hydrogen-bond acceptors (Lipinski definition) is 6. The molecule has 9 heteroatoms. The smallest absolute Gasteiger partial charge is 0.288 e. The first-order valence-electron chi connectivity index (χ1n) is 7.59. The summed E-state index contributed by atoms with van der Waals surface area (Å²) >= 11 is 0. The Bertz CT molecular complexity index is 787. The number of aryl methyl sites for hydroxylation is 2. The average molecular weight is 330 g/mol. The van der Waals surface area contributed by atoms with Crippen LogP contribution in [0.15, 0.2) is 24.7 Å². The number of aromatic nitrogens is 3. The monoisotopic (exact) mass is 330 g/mol. The fourth-order valence-corrected chi connectivity index (χ4v) is 2.87. The van der Waals surface area contributed by atoms with Gasteiger partial charge in [-0.3, -0.25) is 19.9 Å². The minimum atomic E-state index is -0.544. The number of hydrogen-bond donors (Lipinski definition) is 1. The molecule has 2 aromatic rings. The van der Waals surface area contributed by atoms with Gasteiger partial charge in [0.15, 0.2) is 0 Å². The van der Waals surface area contributed by atoms with E-state index in [1.807, 2.05) is 17.8 Å². The number of amides is 1. The Morgan fingerprint density at radius 3 is 2.92 bits per heavy atom. The molecular formula is C15H18N6O3. The van der Waals surface area contributed by atoms with E-state index in [9.17, 15) is 14.9 Å². The fourth-order valence-electron chi connectivity index (χ4n) is 2.87. The molecule has 1 unspecified atom stereocenters. The first-order chi connectivity index (χ1) is 11.5. The molecule has 0 aliphatic carbocycles. The van der Waals surface area contributed by atoms with Gasteiger partial charge in [-0.1, -0.05) is 0 Å². The molecule has 1 aliphatic heterocycles. The van der Waals surface area contributed by atoms with Crippen molar-refractivity contribution >= 4 is 11.6 Å². The Balaban J connectivity index is 1.97. The second kappa shape index (κ2) is 6.36. The highest BCUT2D eigenvalue weighted by molar-refractivity contribution is 5.96. The number of carbonyl (C=O) groups excluding carboxylic acids is 1. The largest absolute Gasteiger partial charge is 0.336 e. The molecule has 1 atom stereocenters. The van der Waals surface area contributed by atoms with E-state index < -0.39 is 4.92 Å². The van der Waals surface area contributed by atoms with Crippen LogP contribution in [0.1, 0.15) is 27.9 Å². The maximum atomic E-state index is 13.0. The highest BCUT2D eigenvalue weighted by Gasteiger charge is 2.32. The van der Waals surface area contributed by atoms with Crippen molar-refractivity contribution in [2.75, 3.05) is 19.6 Å². The second-order valence-electron chi connectivity index (χ2n) is 5.70. The molecular weight excluding hydrogens is 312 g/mol. The standard InChI is InChI=1S/C15H18N6O3/c1-10-12(7-11(8-18-10)21(23)24)15(22)20-6-3-16-9-13(20)14-17-4-5-19(14)2/h4-5,7-8,13,16H,3,6,9H2,1-2H3. The summed E-state index contributed by atoms with van der Waals surface area (Å²) in [6, 6.07) is 1.06. The molecule has 24 heavy (non-hydrogen) atoms. The van der Waals surface area contributed by atoms with Gasteiger partial charge >= 0.3 is 0 Å². The lowest BCUT2D eigenvalue weighted by Gasteiger charge is -2.36. The second-order valence-corrected chi connectivity index (χ2v) is 5.70. The van der Waals surface area contributed by atoms with Crippen LogP contribution in [0.4, 0.5) is 5.69 Å². The zero-order valence-corrected chi connectivity index (χ0v) is 13.5. The Kier molecular flexibility index (Phi) is 4.26. The summed E-state index contributed by atoms with van der Waals surface area (Å²) in [5, 5.41) is 14.2. The number of carbonyl (C=O) groups is 1.